The van der Waals surface area contributed by atoms with Crippen LogP contribution in [0.1, 0.15) is 39.2 Å². The molecular weight excluding hydrogens is 240 g/mol. The SMILES string of the molecule is CCSc1cccc(N(C)C(CC)CC)c1CN. The van der Waals surface area contributed by atoms with Crippen LogP contribution in [0.15, 0.2) is 23.1 Å². The number of rotatable bonds is 7. The smallest absolute Gasteiger partial charge is 0.0422 e. The van der Waals surface area contributed by atoms with Crippen molar-refractivity contribution < 1.29 is 0 Å². The summed E-state index contributed by atoms with van der Waals surface area (Å²) in [4.78, 5) is 3.72. The summed E-state index contributed by atoms with van der Waals surface area (Å²) in [5.74, 6) is 1.09. The van der Waals surface area contributed by atoms with E-state index in [1.165, 1.54) is 29.0 Å². The topological polar surface area (TPSA) is 29.3 Å². The first kappa shape index (κ1) is 15.4. The Kier molecular flexibility index (Phi) is 6.58. The third-order valence-corrected chi connectivity index (χ3v) is 4.46. The zero-order chi connectivity index (χ0) is 13.5. The maximum absolute atomic E-state index is 5.96. The molecule has 1 rings (SSSR count). The number of nitrogens with zero attached hydrogens (tertiary/aromatic N) is 1. The van der Waals surface area contributed by atoms with E-state index in [4.69, 9.17) is 5.73 Å². The predicted molar refractivity (Wildman–Crippen MR) is 83.5 cm³/mol. The summed E-state index contributed by atoms with van der Waals surface area (Å²) in [5.41, 5.74) is 8.55. The Morgan fingerprint density at radius 3 is 2.39 bits per heavy atom. The molecule has 0 fully saturated rings. The van der Waals surface area contributed by atoms with Crippen LogP contribution in [0.3, 0.4) is 0 Å². The second kappa shape index (κ2) is 7.70. The van der Waals surface area contributed by atoms with Gasteiger partial charge in [-0.15, -0.1) is 11.8 Å². The molecule has 0 unspecified atom stereocenters. The van der Waals surface area contributed by atoms with Crippen LogP contribution in [0.2, 0.25) is 0 Å². The molecule has 0 aliphatic rings. The standard InChI is InChI=1S/C15H26N2S/c1-5-12(6-2)17(4)14-9-8-10-15(18-7-3)13(14)11-16/h8-10,12H,5-7,11,16H2,1-4H3. The highest BCUT2D eigenvalue weighted by molar-refractivity contribution is 7.99. The van der Waals surface area contributed by atoms with Crippen LogP contribution in [-0.4, -0.2) is 18.8 Å². The molecule has 2 nitrogen and oxygen atoms in total. The first-order chi connectivity index (χ1) is 8.69. The van der Waals surface area contributed by atoms with Gasteiger partial charge in [0.2, 0.25) is 0 Å². The Balaban J connectivity index is 3.10. The van der Waals surface area contributed by atoms with Gasteiger partial charge in [-0.3, -0.25) is 0 Å². The summed E-state index contributed by atoms with van der Waals surface area (Å²) < 4.78 is 0. The quantitative estimate of drug-likeness (QED) is 0.759. The van der Waals surface area contributed by atoms with Gasteiger partial charge in [0.15, 0.2) is 0 Å². The number of hydrogen-bond acceptors (Lipinski definition) is 3. The van der Waals surface area contributed by atoms with Gasteiger partial charge in [-0.25, -0.2) is 0 Å². The van der Waals surface area contributed by atoms with Crippen LogP contribution in [0.25, 0.3) is 0 Å². The summed E-state index contributed by atoms with van der Waals surface area (Å²) >= 11 is 1.88. The Morgan fingerprint density at radius 2 is 1.89 bits per heavy atom. The molecule has 1 aromatic carbocycles. The lowest BCUT2D eigenvalue weighted by molar-refractivity contribution is 0.589. The van der Waals surface area contributed by atoms with Gasteiger partial charge in [0, 0.05) is 35.8 Å². The predicted octanol–water partition coefficient (Wildman–Crippen LogP) is 3.88. The van der Waals surface area contributed by atoms with Crippen molar-refractivity contribution in [3.05, 3.63) is 23.8 Å². The van der Waals surface area contributed by atoms with Crippen molar-refractivity contribution in [2.75, 3.05) is 17.7 Å². The zero-order valence-electron chi connectivity index (χ0n) is 12.1. The van der Waals surface area contributed by atoms with Gasteiger partial charge < -0.3 is 10.6 Å². The average Bonchev–Trinajstić information content (AvgIpc) is 2.40. The zero-order valence-corrected chi connectivity index (χ0v) is 12.9. The summed E-state index contributed by atoms with van der Waals surface area (Å²) in [6.07, 6.45) is 2.34. The van der Waals surface area contributed by atoms with Gasteiger partial charge in [0.1, 0.15) is 0 Å². The highest BCUT2D eigenvalue weighted by Crippen LogP contribution is 2.31. The molecule has 0 heterocycles. The molecular formula is C15H26N2S. The molecule has 0 amide bonds. The second-order valence-electron chi connectivity index (χ2n) is 4.47. The number of anilines is 1. The van der Waals surface area contributed by atoms with Gasteiger partial charge in [0.05, 0.1) is 0 Å². The number of thioether (sulfide) groups is 1. The lowest BCUT2D eigenvalue weighted by Gasteiger charge is -2.31. The minimum absolute atomic E-state index is 0.595. The fraction of sp³-hybridized carbons (Fsp3) is 0.600. The molecule has 1 aromatic rings. The summed E-state index contributed by atoms with van der Waals surface area (Å²) in [5, 5.41) is 0. The van der Waals surface area contributed by atoms with E-state index in [1.807, 2.05) is 11.8 Å². The summed E-state index contributed by atoms with van der Waals surface area (Å²) in [6.45, 7) is 7.29. The molecule has 102 valence electrons. The highest BCUT2D eigenvalue weighted by Gasteiger charge is 2.16. The van der Waals surface area contributed by atoms with E-state index in [0.29, 0.717) is 12.6 Å². The highest BCUT2D eigenvalue weighted by atomic mass is 32.2. The van der Waals surface area contributed by atoms with E-state index in [1.54, 1.807) is 0 Å². The van der Waals surface area contributed by atoms with Gasteiger partial charge in [-0.05, 0) is 30.7 Å². The molecule has 0 radical (unpaired) electrons. The van der Waals surface area contributed by atoms with E-state index in [9.17, 15) is 0 Å². The van der Waals surface area contributed by atoms with E-state index in [2.05, 4.69) is 50.9 Å². The average molecular weight is 266 g/mol. The molecule has 0 saturated heterocycles. The molecule has 0 aromatic heterocycles. The molecule has 3 heteroatoms. The van der Waals surface area contributed by atoms with E-state index >= 15 is 0 Å². The molecule has 18 heavy (non-hydrogen) atoms. The number of hydrogen-bond donors (Lipinski definition) is 1. The Hall–Kier alpha value is -0.670. The van der Waals surface area contributed by atoms with Crippen LogP contribution in [-0.2, 0) is 6.54 Å². The maximum atomic E-state index is 5.96. The van der Waals surface area contributed by atoms with Crippen LogP contribution in [0.4, 0.5) is 5.69 Å². The van der Waals surface area contributed by atoms with Crippen molar-refractivity contribution >= 4 is 17.4 Å². The first-order valence-corrected chi connectivity index (χ1v) is 7.85. The second-order valence-corrected chi connectivity index (χ2v) is 5.78. The monoisotopic (exact) mass is 266 g/mol. The van der Waals surface area contributed by atoms with Gasteiger partial charge >= 0.3 is 0 Å². The molecule has 0 atom stereocenters. The van der Waals surface area contributed by atoms with Crippen LogP contribution in [0, 0.1) is 0 Å². The van der Waals surface area contributed by atoms with Crippen molar-refractivity contribution in [3.63, 3.8) is 0 Å². The molecule has 0 aliphatic heterocycles. The molecule has 2 N–H and O–H groups in total. The Bertz CT molecular complexity index is 362. The summed E-state index contributed by atoms with van der Waals surface area (Å²) in [7, 11) is 2.19. The van der Waals surface area contributed by atoms with Crippen LogP contribution >= 0.6 is 11.8 Å². The van der Waals surface area contributed by atoms with Gasteiger partial charge in [0.25, 0.3) is 0 Å². The molecule has 0 aliphatic carbocycles. The normalized spacial score (nSPS) is 11.0. The fourth-order valence-corrected chi connectivity index (χ4v) is 3.26. The third-order valence-electron chi connectivity index (χ3n) is 3.48. The van der Waals surface area contributed by atoms with Crippen LogP contribution in [0.5, 0.6) is 0 Å². The van der Waals surface area contributed by atoms with Gasteiger partial charge in [-0.2, -0.15) is 0 Å². The molecule has 0 spiro atoms. The Morgan fingerprint density at radius 1 is 1.22 bits per heavy atom. The first-order valence-electron chi connectivity index (χ1n) is 6.87. The molecule has 0 bridgehead atoms. The van der Waals surface area contributed by atoms with Crippen molar-refractivity contribution in [3.8, 4) is 0 Å². The maximum Gasteiger partial charge on any atom is 0.0422 e. The van der Waals surface area contributed by atoms with Crippen LogP contribution < -0.4 is 10.6 Å². The summed E-state index contributed by atoms with van der Waals surface area (Å²) in [6, 6.07) is 7.11. The van der Waals surface area contributed by atoms with E-state index in [0.717, 1.165) is 5.75 Å². The van der Waals surface area contributed by atoms with Crippen molar-refractivity contribution in [1.82, 2.24) is 0 Å². The van der Waals surface area contributed by atoms with Gasteiger partial charge in [-0.1, -0.05) is 26.8 Å². The van der Waals surface area contributed by atoms with Crippen molar-refractivity contribution in [2.24, 2.45) is 5.73 Å². The number of nitrogens with two attached hydrogens (primary N) is 1. The lowest BCUT2D eigenvalue weighted by atomic mass is 10.1. The van der Waals surface area contributed by atoms with E-state index < -0.39 is 0 Å². The van der Waals surface area contributed by atoms with Crippen molar-refractivity contribution in [2.45, 2.75) is 51.1 Å². The molecule has 0 saturated carbocycles. The number of benzene rings is 1. The minimum Gasteiger partial charge on any atom is -0.371 e. The van der Waals surface area contributed by atoms with E-state index in [-0.39, 0.29) is 0 Å². The van der Waals surface area contributed by atoms with Crippen molar-refractivity contribution in [1.29, 1.82) is 0 Å². The fourth-order valence-electron chi connectivity index (χ4n) is 2.41. The minimum atomic E-state index is 0.595. The lowest BCUT2D eigenvalue weighted by Crippen LogP contribution is -2.31. The largest absolute Gasteiger partial charge is 0.371 e. The third kappa shape index (κ3) is 3.42. The Labute approximate surface area is 116 Å².